The second-order valence-electron chi connectivity index (χ2n) is 10.5. The van der Waals surface area contributed by atoms with Crippen molar-refractivity contribution in [1.82, 2.24) is 4.98 Å². The topological polar surface area (TPSA) is 148 Å². The Hall–Kier alpha value is -2.27. The van der Waals surface area contributed by atoms with E-state index in [0.29, 0.717) is 39.0 Å². The normalized spacial score (nSPS) is 16.5. The number of anilines is 2. The van der Waals surface area contributed by atoms with Crippen molar-refractivity contribution in [3.05, 3.63) is 63.6 Å². The summed E-state index contributed by atoms with van der Waals surface area (Å²) in [4.78, 5) is 44.0. The molecule has 1 aliphatic heterocycles. The van der Waals surface area contributed by atoms with Crippen molar-refractivity contribution in [3.63, 3.8) is 0 Å². The Labute approximate surface area is 294 Å². The summed E-state index contributed by atoms with van der Waals surface area (Å²) in [7, 11) is 3.01. The number of hydrogen-bond donors (Lipinski definition) is 3. The number of ether oxygens (including phenoxy) is 3. The molecule has 14 heteroatoms. The molecule has 43 heavy (non-hydrogen) atoms. The predicted molar refractivity (Wildman–Crippen MR) is 158 cm³/mol. The molecule has 1 radical (unpaired) electrons. The van der Waals surface area contributed by atoms with E-state index in [-0.39, 0.29) is 75.2 Å². The smallest absolute Gasteiger partial charge is 0.309 e. The molecular weight excluding hydrogens is 813 g/mol. The fraction of sp³-hybridized carbons (Fsp3) is 0.379. The van der Waals surface area contributed by atoms with Gasteiger partial charge in [0.2, 0.25) is 5.91 Å². The van der Waals surface area contributed by atoms with E-state index in [0.717, 1.165) is 11.3 Å². The maximum absolute atomic E-state index is 14.1. The third-order valence-corrected chi connectivity index (χ3v) is 7.68. The molecule has 2 amide bonds. The summed E-state index contributed by atoms with van der Waals surface area (Å²) in [5.41, 5.74) is 1.26. The van der Waals surface area contributed by atoms with Gasteiger partial charge in [-0.05, 0) is 24.3 Å². The van der Waals surface area contributed by atoms with Gasteiger partial charge >= 0.3 is 5.97 Å². The number of nitrogens with zero attached hydrogens (tertiary/aromatic N) is 2. The standard InChI is InChI=1S/C29H32ClN3O8S.Ac/c1-29(2,15-34)14-33-20-9-8-16(30)10-19(20)25(18-6-5-7-21(39-3)26(18)40-4)41-22(27(33)38)12-23(35)32-28-31-17(13-42-28)11-24(36)37;/h5-10,13,22,25,34H,11-12,14-15H2,1-4H3,(H,36,37)(H,31,32,35);/t22-,25-;/m1./s1. The van der Waals surface area contributed by atoms with Crippen LogP contribution < -0.4 is 19.7 Å². The van der Waals surface area contributed by atoms with Crippen molar-refractivity contribution in [2.75, 3.05) is 37.6 Å². The van der Waals surface area contributed by atoms with E-state index < -0.39 is 35.4 Å². The molecule has 3 N–H and O–H groups in total. The molecule has 1 aromatic heterocycles. The summed E-state index contributed by atoms with van der Waals surface area (Å²) >= 11 is 7.52. The molecule has 0 fully saturated rings. The zero-order valence-electron chi connectivity index (χ0n) is 24.1. The van der Waals surface area contributed by atoms with E-state index in [1.54, 1.807) is 41.8 Å². The van der Waals surface area contributed by atoms with Crippen LogP contribution in [0.3, 0.4) is 0 Å². The third-order valence-electron chi connectivity index (χ3n) is 6.64. The third kappa shape index (κ3) is 8.47. The average Bonchev–Trinajstić information content (AvgIpc) is 3.34. The van der Waals surface area contributed by atoms with Crippen molar-refractivity contribution in [3.8, 4) is 11.5 Å². The number of aliphatic carboxylic acids is 1. The summed E-state index contributed by atoms with van der Waals surface area (Å²) in [6.45, 7) is 3.58. The number of amides is 2. The number of para-hydroxylation sites is 1. The van der Waals surface area contributed by atoms with Gasteiger partial charge < -0.3 is 34.6 Å². The Bertz CT molecular complexity index is 1480. The molecule has 0 bridgehead atoms. The largest absolute Gasteiger partial charge is 0.493 e. The van der Waals surface area contributed by atoms with E-state index in [9.17, 15) is 19.5 Å². The van der Waals surface area contributed by atoms with Crippen LogP contribution in [0.25, 0.3) is 0 Å². The van der Waals surface area contributed by atoms with Gasteiger partial charge in [-0.2, -0.15) is 0 Å². The number of aliphatic hydroxyl groups excluding tert-OH is 1. The number of fused-ring (bicyclic) bond motifs is 1. The summed E-state index contributed by atoms with van der Waals surface area (Å²) in [6, 6.07) is 10.4. The fourth-order valence-electron chi connectivity index (χ4n) is 4.64. The second-order valence-corrected chi connectivity index (χ2v) is 11.8. The molecule has 0 aliphatic carbocycles. The first-order valence-electron chi connectivity index (χ1n) is 13.0. The minimum Gasteiger partial charge on any atom is -0.493 e. The molecule has 3 aromatic rings. The van der Waals surface area contributed by atoms with E-state index >= 15 is 0 Å². The van der Waals surface area contributed by atoms with Gasteiger partial charge in [0, 0.05) is 89.8 Å². The van der Waals surface area contributed by atoms with Gasteiger partial charge in [-0.1, -0.05) is 37.6 Å². The Morgan fingerprint density at radius 1 is 1.19 bits per heavy atom. The van der Waals surface area contributed by atoms with Crippen molar-refractivity contribution in [2.45, 2.75) is 38.9 Å². The Kier molecular flexibility index (Phi) is 12.4. The van der Waals surface area contributed by atoms with Crippen LogP contribution in [-0.2, 0) is 25.5 Å². The molecule has 0 spiro atoms. The van der Waals surface area contributed by atoms with Crippen molar-refractivity contribution < 1.29 is 82.9 Å². The number of rotatable bonds is 11. The summed E-state index contributed by atoms with van der Waals surface area (Å²) < 4.78 is 17.7. The second kappa shape index (κ2) is 15.1. The zero-order valence-corrected chi connectivity index (χ0v) is 30.4. The van der Waals surface area contributed by atoms with Crippen LogP contribution in [0.5, 0.6) is 11.5 Å². The van der Waals surface area contributed by atoms with E-state index in [1.165, 1.54) is 19.1 Å². The molecule has 2 atom stereocenters. The van der Waals surface area contributed by atoms with Gasteiger partial charge in [0.05, 0.1) is 32.8 Å². The molecule has 227 valence electrons. The van der Waals surface area contributed by atoms with Crippen LogP contribution >= 0.6 is 22.9 Å². The molecule has 0 unspecified atom stereocenters. The first-order valence-corrected chi connectivity index (χ1v) is 14.3. The number of hydrogen-bond acceptors (Lipinski definition) is 9. The van der Waals surface area contributed by atoms with E-state index in [1.807, 2.05) is 13.8 Å². The van der Waals surface area contributed by atoms with Crippen LogP contribution in [0.1, 0.15) is 43.2 Å². The van der Waals surface area contributed by atoms with Crippen molar-refractivity contribution in [2.24, 2.45) is 5.41 Å². The Morgan fingerprint density at radius 2 is 1.93 bits per heavy atom. The first kappa shape index (κ1) is 35.2. The van der Waals surface area contributed by atoms with Gasteiger partial charge in [-0.15, -0.1) is 11.3 Å². The number of carbonyl (C=O) groups is 3. The summed E-state index contributed by atoms with van der Waals surface area (Å²) in [5, 5.41) is 23.8. The van der Waals surface area contributed by atoms with Crippen LogP contribution in [0.4, 0.5) is 10.8 Å². The van der Waals surface area contributed by atoms with Gasteiger partial charge in [0.1, 0.15) is 12.2 Å². The summed E-state index contributed by atoms with van der Waals surface area (Å²) in [5.74, 6) is -1.23. The van der Waals surface area contributed by atoms with Gasteiger partial charge in [-0.3, -0.25) is 14.4 Å². The van der Waals surface area contributed by atoms with Gasteiger partial charge in [0.15, 0.2) is 16.6 Å². The number of aromatic nitrogens is 1. The number of halogens is 1. The molecule has 2 heterocycles. The number of nitrogens with one attached hydrogen (secondary N) is 1. The SMILES string of the molecule is COc1cccc([C@H]2O[C@H](CC(=O)Nc3nc(CC(=O)O)cs3)C(=O)N(CC(C)(C)CO)c3ccc(Cl)cc32)c1OC.[Ac]. The first-order chi connectivity index (χ1) is 20.0. The van der Waals surface area contributed by atoms with Crippen molar-refractivity contribution in [1.29, 1.82) is 0 Å². The van der Waals surface area contributed by atoms with Gasteiger partial charge in [0.25, 0.3) is 5.91 Å². The maximum atomic E-state index is 14.1. The molecule has 0 saturated carbocycles. The Morgan fingerprint density at radius 3 is 2.58 bits per heavy atom. The van der Waals surface area contributed by atoms with Crippen molar-refractivity contribution >= 4 is 51.5 Å². The molecule has 2 aromatic carbocycles. The zero-order chi connectivity index (χ0) is 30.6. The molecule has 4 rings (SSSR count). The Balaban J connectivity index is 0.00000506. The average molecular weight is 845 g/mol. The summed E-state index contributed by atoms with van der Waals surface area (Å²) in [6.07, 6.45) is -2.80. The number of carboxylic acids is 1. The number of thiazole rings is 1. The molecular formula is C29H32AcClN3O8S. The van der Waals surface area contributed by atoms with E-state index in [2.05, 4.69) is 10.3 Å². The number of aliphatic hydroxyl groups is 1. The van der Waals surface area contributed by atoms with Crippen LogP contribution in [0, 0.1) is 49.5 Å². The van der Waals surface area contributed by atoms with Crippen LogP contribution in [0.15, 0.2) is 41.8 Å². The minimum atomic E-state index is -1.26. The quantitative estimate of drug-likeness (QED) is 0.257. The fourth-order valence-corrected chi connectivity index (χ4v) is 5.55. The predicted octanol–water partition coefficient (Wildman–Crippen LogP) is 4.31. The monoisotopic (exact) mass is 844 g/mol. The van der Waals surface area contributed by atoms with E-state index in [4.69, 9.17) is 30.9 Å². The number of carboxylic acid groups (broad SMARTS) is 1. The minimum absolute atomic E-state index is 0. The molecule has 0 saturated heterocycles. The van der Waals surface area contributed by atoms with Crippen LogP contribution in [0.2, 0.25) is 5.02 Å². The van der Waals surface area contributed by atoms with Gasteiger partial charge in [-0.25, -0.2) is 4.98 Å². The molecule has 11 nitrogen and oxygen atoms in total. The number of carbonyl (C=O) groups excluding carboxylic acids is 2. The molecule has 1 aliphatic rings. The van der Waals surface area contributed by atoms with Crippen LogP contribution in [-0.4, -0.2) is 66.5 Å². The maximum Gasteiger partial charge on any atom is 0.309 e. The number of methoxy groups -OCH3 is 2. The number of benzene rings is 2.